The molecule has 1 unspecified atom stereocenters. The number of unbranched alkanes of at least 4 members (excludes halogenated alkanes) is 2. The van der Waals surface area contributed by atoms with Crippen LogP contribution >= 0.6 is 0 Å². The standard InChI is InChI=1S/C36H53N7O8/c1-28(44)51-31(17-8-9-20-41-34(37)38)25-33(46)40-22-18-32(45)39-19-10-11-23-43(36(48)50-27-30-15-6-3-7-16-30)24-12-21-42-35(47)49-26-29-13-4-2-5-14-29/h2-7,13-16,31H,8-12,17-27H2,1H3,(H,39,45)(H,40,46)(H,42,47)(H4,37,38,41). The van der Waals surface area contributed by atoms with E-state index in [-0.39, 0.29) is 50.4 Å². The molecule has 0 aliphatic heterocycles. The number of guanidine groups is 1. The lowest BCUT2D eigenvalue weighted by Gasteiger charge is -2.22. The second-order valence-corrected chi connectivity index (χ2v) is 11.8. The molecule has 15 nitrogen and oxygen atoms in total. The molecule has 0 bridgehead atoms. The van der Waals surface area contributed by atoms with Gasteiger partial charge in [0.05, 0.1) is 6.42 Å². The molecular formula is C36H53N7O8. The van der Waals surface area contributed by atoms with Gasteiger partial charge in [0, 0.05) is 52.6 Å². The number of ether oxygens (including phenoxy) is 3. The Kier molecular flexibility index (Phi) is 21.0. The number of nitrogens with zero attached hydrogens (tertiary/aromatic N) is 2. The largest absolute Gasteiger partial charge is 0.462 e. The van der Waals surface area contributed by atoms with Crippen LogP contribution in [0.15, 0.2) is 65.7 Å². The first kappa shape index (κ1) is 41.8. The van der Waals surface area contributed by atoms with Crippen LogP contribution in [0, 0.1) is 0 Å². The second-order valence-electron chi connectivity index (χ2n) is 11.8. The summed E-state index contributed by atoms with van der Waals surface area (Å²) in [5, 5.41) is 8.22. The van der Waals surface area contributed by atoms with Gasteiger partial charge in [0.25, 0.3) is 0 Å². The van der Waals surface area contributed by atoms with Crippen molar-refractivity contribution in [3.8, 4) is 0 Å². The smallest absolute Gasteiger partial charge is 0.410 e. The zero-order valence-electron chi connectivity index (χ0n) is 29.5. The number of nitrogens with two attached hydrogens (primary N) is 2. The van der Waals surface area contributed by atoms with Crippen LogP contribution in [0.25, 0.3) is 0 Å². The highest BCUT2D eigenvalue weighted by molar-refractivity contribution is 5.79. The van der Waals surface area contributed by atoms with Gasteiger partial charge in [0.2, 0.25) is 11.8 Å². The van der Waals surface area contributed by atoms with Crippen LogP contribution in [-0.4, -0.2) is 86.2 Å². The topological polar surface area (TPSA) is 217 Å². The van der Waals surface area contributed by atoms with Gasteiger partial charge < -0.3 is 46.5 Å². The van der Waals surface area contributed by atoms with Gasteiger partial charge in [-0.25, -0.2) is 9.59 Å². The fraction of sp³-hybridized carbons (Fsp3) is 0.500. The number of benzene rings is 2. The highest BCUT2D eigenvalue weighted by Gasteiger charge is 2.18. The van der Waals surface area contributed by atoms with Gasteiger partial charge >= 0.3 is 18.2 Å². The average Bonchev–Trinajstić information content (AvgIpc) is 3.10. The van der Waals surface area contributed by atoms with Crippen LogP contribution < -0.4 is 27.4 Å². The molecular weight excluding hydrogens is 658 g/mol. The molecule has 0 heterocycles. The van der Waals surface area contributed by atoms with Gasteiger partial charge in [-0.15, -0.1) is 0 Å². The fourth-order valence-corrected chi connectivity index (χ4v) is 4.81. The van der Waals surface area contributed by atoms with E-state index in [1.165, 1.54) is 6.92 Å². The molecule has 0 aliphatic rings. The number of aliphatic imine (C=N–C) groups is 1. The monoisotopic (exact) mass is 711 g/mol. The molecule has 2 aromatic rings. The van der Waals surface area contributed by atoms with E-state index in [0.717, 1.165) is 11.1 Å². The molecule has 2 rings (SSSR count). The van der Waals surface area contributed by atoms with E-state index in [0.29, 0.717) is 71.2 Å². The maximum atomic E-state index is 12.9. The number of alkyl carbamates (subject to hydrolysis) is 1. The van der Waals surface area contributed by atoms with E-state index in [2.05, 4.69) is 20.9 Å². The van der Waals surface area contributed by atoms with Crippen molar-refractivity contribution in [1.29, 1.82) is 0 Å². The SMILES string of the molecule is CC(=O)OC(CCCCN=C(N)N)CC(=O)NCCC(=O)NCCCCN(CCCNC(=O)OCc1ccccc1)C(=O)OCc1ccccc1. The first-order chi connectivity index (χ1) is 24.6. The number of carbonyl (C=O) groups excluding carboxylic acids is 5. The lowest BCUT2D eigenvalue weighted by Crippen LogP contribution is -2.36. The van der Waals surface area contributed by atoms with E-state index in [9.17, 15) is 24.0 Å². The minimum Gasteiger partial charge on any atom is -0.462 e. The Morgan fingerprint density at radius 2 is 1.33 bits per heavy atom. The van der Waals surface area contributed by atoms with Crippen LogP contribution in [0.1, 0.15) is 69.4 Å². The second kappa shape index (κ2) is 25.6. The summed E-state index contributed by atoms with van der Waals surface area (Å²) in [6.45, 7) is 3.63. The number of carbonyl (C=O) groups is 5. The van der Waals surface area contributed by atoms with E-state index in [1.807, 2.05) is 60.7 Å². The number of amides is 4. The van der Waals surface area contributed by atoms with Crippen molar-refractivity contribution in [3.63, 3.8) is 0 Å². The molecule has 51 heavy (non-hydrogen) atoms. The Morgan fingerprint density at radius 3 is 1.98 bits per heavy atom. The zero-order valence-corrected chi connectivity index (χ0v) is 29.5. The van der Waals surface area contributed by atoms with Gasteiger partial charge in [0.1, 0.15) is 19.3 Å². The minimum absolute atomic E-state index is 0.00966. The summed E-state index contributed by atoms with van der Waals surface area (Å²) >= 11 is 0. The van der Waals surface area contributed by atoms with Gasteiger partial charge in [0.15, 0.2) is 5.96 Å². The molecule has 7 N–H and O–H groups in total. The van der Waals surface area contributed by atoms with E-state index < -0.39 is 24.3 Å². The van der Waals surface area contributed by atoms with Crippen LogP contribution in [0.3, 0.4) is 0 Å². The first-order valence-corrected chi connectivity index (χ1v) is 17.3. The Morgan fingerprint density at radius 1 is 0.725 bits per heavy atom. The number of hydrogen-bond donors (Lipinski definition) is 5. The summed E-state index contributed by atoms with van der Waals surface area (Å²) in [6, 6.07) is 18.7. The molecule has 0 radical (unpaired) electrons. The van der Waals surface area contributed by atoms with Crippen molar-refractivity contribution in [2.75, 3.05) is 39.3 Å². The molecule has 15 heteroatoms. The number of esters is 1. The summed E-state index contributed by atoms with van der Waals surface area (Å²) in [6.07, 6.45) is 2.02. The molecule has 0 saturated carbocycles. The molecule has 2 aromatic carbocycles. The van der Waals surface area contributed by atoms with Crippen LogP contribution in [0.4, 0.5) is 9.59 Å². The maximum absolute atomic E-state index is 12.9. The third-order valence-corrected chi connectivity index (χ3v) is 7.38. The summed E-state index contributed by atoms with van der Waals surface area (Å²) in [4.78, 5) is 66.7. The van der Waals surface area contributed by atoms with Gasteiger partial charge in [-0.2, -0.15) is 0 Å². The summed E-state index contributed by atoms with van der Waals surface area (Å²) < 4.78 is 16.0. The molecule has 0 saturated heterocycles. The Hall–Kier alpha value is -5.34. The normalized spacial score (nSPS) is 11.0. The molecule has 280 valence electrons. The third kappa shape index (κ3) is 21.4. The van der Waals surface area contributed by atoms with Crippen molar-refractivity contribution < 1.29 is 38.2 Å². The predicted molar refractivity (Wildman–Crippen MR) is 192 cm³/mol. The van der Waals surface area contributed by atoms with Crippen molar-refractivity contribution in [1.82, 2.24) is 20.9 Å². The lowest BCUT2D eigenvalue weighted by molar-refractivity contribution is -0.148. The third-order valence-electron chi connectivity index (χ3n) is 7.38. The molecule has 0 aliphatic carbocycles. The van der Waals surface area contributed by atoms with Crippen LogP contribution in [0.5, 0.6) is 0 Å². The summed E-state index contributed by atoms with van der Waals surface area (Å²) in [5.41, 5.74) is 12.4. The lowest BCUT2D eigenvalue weighted by atomic mass is 10.1. The number of rotatable bonds is 24. The molecule has 0 fully saturated rings. The molecule has 0 aromatic heterocycles. The maximum Gasteiger partial charge on any atom is 0.410 e. The van der Waals surface area contributed by atoms with Crippen molar-refractivity contribution >= 4 is 35.9 Å². The summed E-state index contributed by atoms with van der Waals surface area (Å²) in [5.74, 6) is -1.01. The molecule has 1 atom stereocenters. The Bertz CT molecular complexity index is 1360. The van der Waals surface area contributed by atoms with Crippen molar-refractivity contribution in [3.05, 3.63) is 71.8 Å². The predicted octanol–water partition coefficient (Wildman–Crippen LogP) is 3.11. The fourth-order valence-electron chi connectivity index (χ4n) is 4.81. The highest BCUT2D eigenvalue weighted by Crippen LogP contribution is 2.10. The average molecular weight is 712 g/mol. The van der Waals surface area contributed by atoms with Crippen molar-refractivity contribution in [2.45, 2.75) is 77.6 Å². The van der Waals surface area contributed by atoms with E-state index in [4.69, 9.17) is 25.7 Å². The molecule has 0 spiro atoms. The van der Waals surface area contributed by atoms with Crippen LogP contribution in [0.2, 0.25) is 0 Å². The van der Waals surface area contributed by atoms with Gasteiger partial charge in [-0.3, -0.25) is 19.4 Å². The van der Waals surface area contributed by atoms with Crippen molar-refractivity contribution in [2.24, 2.45) is 16.5 Å². The summed E-state index contributed by atoms with van der Waals surface area (Å²) in [7, 11) is 0. The molecule has 4 amide bonds. The van der Waals surface area contributed by atoms with Crippen LogP contribution in [-0.2, 0) is 41.8 Å². The van der Waals surface area contributed by atoms with E-state index in [1.54, 1.807) is 4.90 Å². The van der Waals surface area contributed by atoms with Gasteiger partial charge in [-0.1, -0.05) is 60.7 Å². The Balaban J connectivity index is 1.68. The minimum atomic E-state index is -0.580. The van der Waals surface area contributed by atoms with Gasteiger partial charge in [-0.05, 0) is 49.7 Å². The number of hydrogen-bond acceptors (Lipinski definition) is 9. The highest BCUT2D eigenvalue weighted by atomic mass is 16.6. The number of nitrogens with one attached hydrogen (secondary N) is 3. The first-order valence-electron chi connectivity index (χ1n) is 17.3. The Labute approximate surface area is 299 Å². The zero-order chi connectivity index (χ0) is 37.1. The quantitative estimate of drug-likeness (QED) is 0.0352. The van der Waals surface area contributed by atoms with E-state index >= 15 is 0 Å².